The summed E-state index contributed by atoms with van der Waals surface area (Å²) in [5.74, 6) is -0.128. The van der Waals surface area contributed by atoms with E-state index in [1.165, 1.54) is 0 Å². The number of allylic oxidation sites excluding steroid dienone is 9. The topological polar surface area (TPSA) is 0 Å². The zero-order valence-corrected chi connectivity index (χ0v) is 10.3. The van der Waals surface area contributed by atoms with Gasteiger partial charge in [0.05, 0.1) is 0 Å². The van der Waals surface area contributed by atoms with E-state index in [0.29, 0.717) is 0 Å². The third-order valence-electron chi connectivity index (χ3n) is 2.82. The zero-order valence-electron chi connectivity index (χ0n) is 10.3. The van der Waals surface area contributed by atoms with Crippen molar-refractivity contribution in [3.8, 4) is 0 Å². The molecule has 0 N–H and O–H groups in total. The summed E-state index contributed by atoms with van der Waals surface area (Å²) in [7, 11) is 0. The highest BCUT2D eigenvalue weighted by molar-refractivity contribution is 5.46. The summed E-state index contributed by atoms with van der Waals surface area (Å²) in [5, 5.41) is 0. The maximum absolute atomic E-state index is 13.6. The monoisotopic (exact) mass is 218 g/mol. The van der Waals surface area contributed by atoms with E-state index in [9.17, 15) is 4.39 Å². The number of halogens is 1. The molecule has 0 fully saturated rings. The van der Waals surface area contributed by atoms with Crippen molar-refractivity contribution in [3.05, 3.63) is 59.0 Å². The van der Waals surface area contributed by atoms with Crippen LogP contribution in [0.3, 0.4) is 0 Å². The zero-order chi connectivity index (χ0) is 12.1. The third kappa shape index (κ3) is 3.34. The Morgan fingerprint density at radius 3 is 2.62 bits per heavy atom. The van der Waals surface area contributed by atoms with Gasteiger partial charge in [0.2, 0.25) is 0 Å². The van der Waals surface area contributed by atoms with E-state index in [1.54, 1.807) is 6.08 Å². The van der Waals surface area contributed by atoms with Crippen LogP contribution in [0.25, 0.3) is 0 Å². The van der Waals surface area contributed by atoms with Crippen molar-refractivity contribution < 1.29 is 4.39 Å². The Balaban J connectivity index is 2.83. The van der Waals surface area contributed by atoms with Crippen molar-refractivity contribution in [2.24, 2.45) is 0 Å². The van der Waals surface area contributed by atoms with E-state index in [1.807, 2.05) is 39.0 Å². The summed E-state index contributed by atoms with van der Waals surface area (Å²) in [6.45, 7) is 9.87. The normalized spacial score (nSPS) is 18.0. The minimum absolute atomic E-state index is 0.128. The molecule has 0 saturated heterocycles. The second-order valence-electron chi connectivity index (χ2n) is 4.21. The minimum atomic E-state index is -0.128. The number of hydrogen-bond donors (Lipinski definition) is 0. The molecule has 0 amide bonds. The molecule has 0 bridgehead atoms. The lowest BCUT2D eigenvalue weighted by Crippen LogP contribution is -1.96. The molecule has 16 heavy (non-hydrogen) atoms. The summed E-state index contributed by atoms with van der Waals surface area (Å²) in [4.78, 5) is 0. The van der Waals surface area contributed by atoms with Gasteiger partial charge in [0, 0.05) is 0 Å². The Hall–Kier alpha value is -1.37. The van der Waals surface area contributed by atoms with Crippen molar-refractivity contribution in [3.63, 3.8) is 0 Å². The Labute approximate surface area is 97.6 Å². The maximum atomic E-state index is 13.6. The van der Waals surface area contributed by atoms with Crippen LogP contribution in [0.15, 0.2) is 59.0 Å². The Morgan fingerprint density at radius 1 is 1.38 bits per heavy atom. The lowest BCUT2D eigenvalue weighted by Gasteiger charge is -2.14. The SMILES string of the molecule is C=C(/C=C\C(C)=C/C)C1=C(F)C=C(C)CC1. The molecule has 0 aromatic heterocycles. The van der Waals surface area contributed by atoms with E-state index in [0.717, 1.165) is 35.1 Å². The Morgan fingerprint density at radius 2 is 2.06 bits per heavy atom. The predicted octanol–water partition coefficient (Wildman–Crippen LogP) is 5.03. The molecular formula is C15H19F. The average Bonchev–Trinajstić information content (AvgIpc) is 2.25. The van der Waals surface area contributed by atoms with Crippen LogP contribution in [-0.4, -0.2) is 0 Å². The molecule has 0 aromatic rings. The van der Waals surface area contributed by atoms with Crippen molar-refractivity contribution in [1.82, 2.24) is 0 Å². The van der Waals surface area contributed by atoms with Gasteiger partial charge in [-0.15, -0.1) is 0 Å². The van der Waals surface area contributed by atoms with Gasteiger partial charge in [-0.25, -0.2) is 4.39 Å². The fourth-order valence-electron chi connectivity index (χ4n) is 1.56. The van der Waals surface area contributed by atoms with Crippen molar-refractivity contribution in [1.29, 1.82) is 0 Å². The quantitative estimate of drug-likeness (QED) is 0.583. The molecule has 0 saturated carbocycles. The van der Waals surface area contributed by atoms with E-state index >= 15 is 0 Å². The van der Waals surface area contributed by atoms with Crippen LogP contribution < -0.4 is 0 Å². The van der Waals surface area contributed by atoms with Crippen LogP contribution in [0.1, 0.15) is 33.6 Å². The molecule has 0 heterocycles. The molecule has 1 aliphatic rings. The Kier molecular flexibility index (Phi) is 4.48. The van der Waals surface area contributed by atoms with E-state index < -0.39 is 0 Å². The van der Waals surface area contributed by atoms with Crippen molar-refractivity contribution >= 4 is 0 Å². The van der Waals surface area contributed by atoms with Crippen LogP contribution in [0, 0.1) is 0 Å². The molecule has 0 aliphatic heterocycles. The highest BCUT2D eigenvalue weighted by Crippen LogP contribution is 2.29. The van der Waals surface area contributed by atoms with Gasteiger partial charge in [0.25, 0.3) is 0 Å². The summed E-state index contributed by atoms with van der Waals surface area (Å²) < 4.78 is 13.6. The van der Waals surface area contributed by atoms with Gasteiger partial charge < -0.3 is 0 Å². The molecule has 1 aliphatic carbocycles. The first kappa shape index (κ1) is 12.7. The maximum Gasteiger partial charge on any atom is 0.126 e. The highest BCUT2D eigenvalue weighted by Gasteiger charge is 2.12. The second kappa shape index (κ2) is 5.64. The first-order valence-electron chi connectivity index (χ1n) is 5.60. The lowest BCUT2D eigenvalue weighted by molar-refractivity contribution is 0.635. The van der Waals surface area contributed by atoms with E-state index in [2.05, 4.69) is 6.58 Å². The molecule has 0 aromatic carbocycles. The molecule has 0 radical (unpaired) electrons. The highest BCUT2D eigenvalue weighted by atomic mass is 19.1. The second-order valence-corrected chi connectivity index (χ2v) is 4.21. The van der Waals surface area contributed by atoms with Crippen molar-refractivity contribution in [2.75, 3.05) is 0 Å². The minimum Gasteiger partial charge on any atom is -0.207 e. The van der Waals surface area contributed by atoms with Crippen LogP contribution >= 0.6 is 0 Å². The number of hydrogen-bond acceptors (Lipinski definition) is 0. The van der Waals surface area contributed by atoms with Crippen LogP contribution in [0.5, 0.6) is 0 Å². The van der Waals surface area contributed by atoms with Gasteiger partial charge in [-0.2, -0.15) is 0 Å². The fourth-order valence-corrected chi connectivity index (χ4v) is 1.56. The fraction of sp³-hybridized carbons (Fsp3) is 0.333. The van der Waals surface area contributed by atoms with E-state index in [-0.39, 0.29) is 5.83 Å². The average molecular weight is 218 g/mol. The summed E-state index contributed by atoms with van der Waals surface area (Å²) in [5.41, 5.74) is 3.78. The van der Waals surface area contributed by atoms with Crippen LogP contribution in [0.2, 0.25) is 0 Å². The van der Waals surface area contributed by atoms with Gasteiger partial charge in [-0.1, -0.05) is 36.0 Å². The first-order chi connectivity index (χ1) is 7.54. The first-order valence-corrected chi connectivity index (χ1v) is 5.60. The molecule has 0 spiro atoms. The molecular weight excluding hydrogens is 199 g/mol. The van der Waals surface area contributed by atoms with Gasteiger partial charge in [0.15, 0.2) is 0 Å². The summed E-state index contributed by atoms with van der Waals surface area (Å²) >= 11 is 0. The summed E-state index contributed by atoms with van der Waals surface area (Å²) in [6.07, 6.45) is 9.16. The molecule has 1 heteroatoms. The van der Waals surface area contributed by atoms with Crippen LogP contribution in [-0.2, 0) is 0 Å². The largest absolute Gasteiger partial charge is 0.207 e. The van der Waals surface area contributed by atoms with Gasteiger partial charge >= 0.3 is 0 Å². The standard InChI is InChI=1S/C15H19F/c1-5-11(2)6-8-13(4)14-9-7-12(3)10-15(14)16/h5-6,8,10H,4,7,9H2,1-3H3/b8-6-,11-5-. The third-order valence-corrected chi connectivity index (χ3v) is 2.82. The molecule has 1 rings (SSSR count). The molecule has 0 nitrogen and oxygen atoms in total. The van der Waals surface area contributed by atoms with E-state index in [4.69, 9.17) is 0 Å². The van der Waals surface area contributed by atoms with Gasteiger partial charge in [-0.3, -0.25) is 0 Å². The molecule has 86 valence electrons. The van der Waals surface area contributed by atoms with Crippen LogP contribution in [0.4, 0.5) is 4.39 Å². The molecule has 0 unspecified atom stereocenters. The summed E-state index contributed by atoms with van der Waals surface area (Å²) in [6, 6.07) is 0. The lowest BCUT2D eigenvalue weighted by atomic mass is 9.93. The van der Waals surface area contributed by atoms with Crippen molar-refractivity contribution in [2.45, 2.75) is 33.6 Å². The Bertz CT molecular complexity index is 403. The van der Waals surface area contributed by atoms with Gasteiger partial charge in [-0.05, 0) is 50.8 Å². The predicted molar refractivity (Wildman–Crippen MR) is 68.8 cm³/mol. The number of rotatable bonds is 3. The smallest absolute Gasteiger partial charge is 0.126 e. The van der Waals surface area contributed by atoms with Gasteiger partial charge in [0.1, 0.15) is 5.83 Å². The molecule has 0 atom stereocenters.